The summed E-state index contributed by atoms with van der Waals surface area (Å²) in [6, 6.07) is 3.57. The molecular formula is C11H16N2O3. The third kappa shape index (κ3) is 1.83. The van der Waals surface area contributed by atoms with E-state index in [1.165, 1.54) is 7.11 Å². The van der Waals surface area contributed by atoms with Gasteiger partial charge in [-0.3, -0.25) is 0 Å². The minimum Gasteiger partial charge on any atom is -0.464 e. The number of aromatic nitrogens is 1. The van der Waals surface area contributed by atoms with Crippen LogP contribution in [-0.4, -0.2) is 41.4 Å². The number of nitrogens with one attached hydrogen (secondary N) is 1. The largest absolute Gasteiger partial charge is 0.464 e. The van der Waals surface area contributed by atoms with Gasteiger partial charge in [-0.1, -0.05) is 0 Å². The van der Waals surface area contributed by atoms with Crippen LogP contribution in [0.1, 0.15) is 16.2 Å². The summed E-state index contributed by atoms with van der Waals surface area (Å²) in [5.74, 6) is -0.354. The third-order valence-corrected chi connectivity index (χ3v) is 3.04. The first-order valence-corrected chi connectivity index (χ1v) is 5.22. The molecule has 0 atom stereocenters. The summed E-state index contributed by atoms with van der Waals surface area (Å²) in [6.45, 7) is 1.21. The zero-order valence-corrected chi connectivity index (χ0v) is 9.49. The van der Waals surface area contributed by atoms with Crippen molar-refractivity contribution < 1.29 is 14.6 Å². The average Bonchev–Trinajstić information content (AvgIpc) is 2.57. The summed E-state index contributed by atoms with van der Waals surface area (Å²) in [5, 5.41) is 13.0. The van der Waals surface area contributed by atoms with Gasteiger partial charge in [-0.05, 0) is 12.1 Å². The molecule has 0 unspecified atom stereocenters. The molecule has 1 aromatic rings. The van der Waals surface area contributed by atoms with Crippen molar-refractivity contribution in [3.63, 3.8) is 0 Å². The minimum atomic E-state index is -0.667. The van der Waals surface area contributed by atoms with Gasteiger partial charge in [-0.2, -0.15) is 0 Å². The number of esters is 1. The lowest BCUT2D eigenvalue weighted by atomic mass is 9.91. The zero-order valence-electron chi connectivity index (χ0n) is 9.49. The summed E-state index contributed by atoms with van der Waals surface area (Å²) in [4.78, 5) is 11.4. The summed E-state index contributed by atoms with van der Waals surface area (Å²) in [6.07, 6.45) is 0.549. The second-order valence-electron chi connectivity index (χ2n) is 4.27. The highest BCUT2D eigenvalue weighted by Gasteiger charge is 2.35. The molecule has 1 aromatic heterocycles. The van der Waals surface area contributed by atoms with Crippen LogP contribution in [-0.2, 0) is 18.2 Å². The number of nitrogens with zero attached hydrogens (tertiary/aromatic N) is 1. The first kappa shape index (κ1) is 11.2. The van der Waals surface area contributed by atoms with Crippen LogP contribution in [0.5, 0.6) is 0 Å². The van der Waals surface area contributed by atoms with Crippen molar-refractivity contribution in [2.45, 2.75) is 12.0 Å². The maximum absolute atomic E-state index is 11.4. The lowest BCUT2D eigenvalue weighted by Gasteiger charge is -2.37. The van der Waals surface area contributed by atoms with Crippen molar-refractivity contribution >= 4 is 5.97 Å². The van der Waals surface area contributed by atoms with E-state index in [-0.39, 0.29) is 5.97 Å². The summed E-state index contributed by atoms with van der Waals surface area (Å²) in [5.41, 5.74) is 0.775. The first-order chi connectivity index (χ1) is 7.56. The van der Waals surface area contributed by atoms with E-state index in [2.05, 4.69) is 10.1 Å². The molecule has 0 aromatic carbocycles. The van der Waals surface area contributed by atoms with Crippen molar-refractivity contribution in [3.05, 3.63) is 23.5 Å². The Morgan fingerprint density at radius 3 is 2.81 bits per heavy atom. The minimum absolute atomic E-state index is 0.354. The van der Waals surface area contributed by atoms with Gasteiger partial charge in [0.1, 0.15) is 5.69 Å². The standard InChI is InChI=1S/C11H16N2O3/c1-13-8(5-11(15)6-12-7-11)3-4-9(13)10(14)16-2/h3-4,12,15H,5-7H2,1-2H3. The van der Waals surface area contributed by atoms with E-state index in [1.807, 2.05) is 6.07 Å². The van der Waals surface area contributed by atoms with Gasteiger partial charge in [0.15, 0.2) is 0 Å². The Balaban J connectivity index is 2.17. The normalized spacial score (nSPS) is 17.9. The van der Waals surface area contributed by atoms with E-state index in [1.54, 1.807) is 17.7 Å². The van der Waals surface area contributed by atoms with Crippen molar-refractivity contribution in [2.75, 3.05) is 20.2 Å². The van der Waals surface area contributed by atoms with Crippen molar-refractivity contribution in [1.82, 2.24) is 9.88 Å². The van der Waals surface area contributed by atoms with Gasteiger partial charge >= 0.3 is 5.97 Å². The van der Waals surface area contributed by atoms with Crippen LogP contribution in [0, 0.1) is 0 Å². The fraction of sp³-hybridized carbons (Fsp3) is 0.545. The number of β-amino-alcohol motifs (C(OH)–C–C–N with tert-alkyl or cyclic N) is 1. The van der Waals surface area contributed by atoms with E-state index in [0.717, 1.165) is 5.69 Å². The molecule has 88 valence electrons. The highest BCUT2D eigenvalue weighted by Crippen LogP contribution is 2.19. The molecule has 0 bridgehead atoms. The molecule has 0 saturated carbocycles. The number of hydrogen-bond acceptors (Lipinski definition) is 4. The number of methoxy groups -OCH3 is 1. The van der Waals surface area contributed by atoms with E-state index >= 15 is 0 Å². The second kappa shape index (κ2) is 3.92. The molecule has 2 heterocycles. The third-order valence-electron chi connectivity index (χ3n) is 3.04. The lowest BCUT2D eigenvalue weighted by Crippen LogP contribution is -2.60. The van der Waals surface area contributed by atoms with E-state index in [0.29, 0.717) is 25.2 Å². The van der Waals surface area contributed by atoms with Gasteiger partial charge in [0.25, 0.3) is 0 Å². The zero-order chi connectivity index (χ0) is 11.8. The number of carbonyl (C=O) groups excluding carboxylic acids is 1. The number of ether oxygens (including phenoxy) is 1. The Morgan fingerprint density at radius 2 is 2.31 bits per heavy atom. The van der Waals surface area contributed by atoms with Crippen molar-refractivity contribution in [3.8, 4) is 0 Å². The predicted molar refractivity (Wildman–Crippen MR) is 58.3 cm³/mol. The highest BCUT2D eigenvalue weighted by molar-refractivity contribution is 5.87. The van der Waals surface area contributed by atoms with Crippen LogP contribution in [0.15, 0.2) is 12.1 Å². The monoisotopic (exact) mass is 224 g/mol. The summed E-state index contributed by atoms with van der Waals surface area (Å²) >= 11 is 0. The number of hydrogen-bond donors (Lipinski definition) is 2. The molecule has 5 heteroatoms. The maximum Gasteiger partial charge on any atom is 0.354 e. The van der Waals surface area contributed by atoms with Crippen LogP contribution in [0.2, 0.25) is 0 Å². The molecule has 16 heavy (non-hydrogen) atoms. The second-order valence-corrected chi connectivity index (χ2v) is 4.27. The van der Waals surface area contributed by atoms with Gasteiger partial charge in [0.2, 0.25) is 0 Å². The molecule has 1 aliphatic heterocycles. The molecule has 2 rings (SSSR count). The molecule has 1 aliphatic rings. The molecule has 2 N–H and O–H groups in total. The molecule has 5 nitrogen and oxygen atoms in total. The number of carbonyl (C=O) groups is 1. The summed E-state index contributed by atoms with van der Waals surface area (Å²) < 4.78 is 6.43. The quantitative estimate of drug-likeness (QED) is 0.691. The van der Waals surface area contributed by atoms with Gasteiger partial charge in [0, 0.05) is 32.3 Å². The molecule has 1 fully saturated rings. The molecule has 0 spiro atoms. The SMILES string of the molecule is COC(=O)c1ccc(CC2(O)CNC2)n1C. The predicted octanol–water partition coefficient (Wildman–Crippen LogP) is -0.312. The number of aliphatic hydroxyl groups is 1. The highest BCUT2D eigenvalue weighted by atomic mass is 16.5. The van der Waals surface area contributed by atoms with Gasteiger partial charge in [-0.15, -0.1) is 0 Å². The summed E-state index contributed by atoms with van der Waals surface area (Å²) in [7, 11) is 3.16. The molecule has 0 amide bonds. The smallest absolute Gasteiger partial charge is 0.354 e. The number of rotatable bonds is 3. The topological polar surface area (TPSA) is 63.5 Å². The van der Waals surface area contributed by atoms with Crippen LogP contribution in [0.3, 0.4) is 0 Å². The lowest BCUT2D eigenvalue weighted by molar-refractivity contribution is -0.0104. The van der Waals surface area contributed by atoms with Crippen molar-refractivity contribution in [2.24, 2.45) is 7.05 Å². The molecule has 0 aliphatic carbocycles. The molecule has 1 saturated heterocycles. The average molecular weight is 224 g/mol. The van der Waals surface area contributed by atoms with E-state index in [4.69, 9.17) is 0 Å². The van der Waals surface area contributed by atoms with Crippen LogP contribution >= 0.6 is 0 Å². The van der Waals surface area contributed by atoms with Gasteiger partial charge in [-0.25, -0.2) is 4.79 Å². The fourth-order valence-electron chi connectivity index (χ4n) is 1.92. The van der Waals surface area contributed by atoms with Crippen molar-refractivity contribution in [1.29, 1.82) is 0 Å². The van der Waals surface area contributed by atoms with Crippen LogP contribution in [0.4, 0.5) is 0 Å². The van der Waals surface area contributed by atoms with Gasteiger partial charge in [0.05, 0.1) is 12.7 Å². The van der Waals surface area contributed by atoms with E-state index < -0.39 is 5.60 Å². The Bertz CT molecular complexity index is 407. The van der Waals surface area contributed by atoms with Crippen LogP contribution < -0.4 is 5.32 Å². The van der Waals surface area contributed by atoms with E-state index in [9.17, 15) is 9.90 Å². The Kier molecular flexibility index (Phi) is 2.73. The molecule has 0 radical (unpaired) electrons. The van der Waals surface area contributed by atoms with Gasteiger partial charge < -0.3 is 19.7 Å². The Labute approximate surface area is 94.0 Å². The Morgan fingerprint density at radius 1 is 1.62 bits per heavy atom. The molecular weight excluding hydrogens is 208 g/mol. The van der Waals surface area contributed by atoms with Crippen LogP contribution in [0.25, 0.3) is 0 Å². The Hall–Kier alpha value is -1.33. The first-order valence-electron chi connectivity index (χ1n) is 5.22. The maximum atomic E-state index is 11.4. The fourth-order valence-corrected chi connectivity index (χ4v) is 1.92.